The van der Waals surface area contributed by atoms with E-state index in [-0.39, 0.29) is 42.7 Å². The van der Waals surface area contributed by atoms with Crippen LogP contribution in [0.25, 0.3) is 0 Å². The number of hydrogen-bond acceptors (Lipinski definition) is 5. The molecule has 1 rings (SSSR count). The largest absolute Gasteiger partial charge is 1.00 e. The van der Waals surface area contributed by atoms with Gasteiger partial charge in [0, 0.05) is 18.9 Å². The van der Waals surface area contributed by atoms with Gasteiger partial charge in [-0.05, 0) is 5.56 Å². The molecule has 0 saturated carbocycles. The molecule has 98 valence electrons. The number of amides is 1. The third-order valence-electron chi connectivity index (χ3n) is 2.10. The first kappa shape index (κ1) is 17.9. The Hall–Kier alpha value is -1.08. The van der Waals surface area contributed by atoms with E-state index in [0.29, 0.717) is 0 Å². The maximum absolute atomic E-state index is 11.2. The van der Waals surface area contributed by atoms with Crippen molar-refractivity contribution >= 4 is 12.1 Å². The molecule has 0 spiro atoms. The number of nitrogens with one attached hydrogen (secondary N) is 1. The number of carbonyl (C=O) groups is 2. The molecule has 0 aromatic heterocycles. The van der Waals surface area contributed by atoms with Gasteiger partial charge in [-0.3, -0.25) is 0 Å². The molecule has 1 aromatic rings. The molecule has 7 heteroatoms. The minimum atomic E-state index is -1.37. The van der Waals surface area contributed by atoms with Crippen LogP contribution in [0, 0.1) is 0 Å². The predicted molar refractivity (Wildman–Crippen MR) is 60.3 cm³/mol. The molecule has 0 heterocycles. The summed E-state index contributed by atoms with van der Waals surface area (Å²) in [5.41, 5.74) is 0.836. The summed E-state index contributed by atoms with van der Waals surface area (Å²) in [5.74, 6) is -1.37. The quantitative estimate of drug-likeness (QED) is 0.523. The Balaban J connectivity index is 0.00000324. The Morgan fingerprint density at radius 1 is 1.32 bits per heavy atom. The standard InChI is InChI=1S/C12H15NO5.Na/c14-10(6-11(15)16)7-13-12(17)18-8-9-4-2-1-3-5-9;/h1-5,10,14H,6-8H2,(H,13,17)(H,15,16);/q;+1/p-1/t10-;/m0./s1. The Morgan fingerprint density at radius 3 is 2.53 bits per heavy atom. The molecule has 19 heavy (non-hydrogen) atoms. The average molecular weight is 275 g/mol. The molecule has 0 bridgehead atoms. The van der Waals surface area contributed by atoms with Gasteiger partial charge in [0.05, 0.1) is 6.10 Å². The molecular formula is C12H14NNaO5. The average Bonchev–Trinajstić information content (AvgIpc) is 2.34. The van der Waals surface area contributed by atoms with E-state index in [0.717, 1.165) is 5.56 Å². The van der Waals surface area contributed by atoms with Crippen molar-refractivity contribution in [3.05, 3.63) is 35.9 Å². The first-order valence-corrected chi connectivity index (χ1v) is 5.40. The number of rotatable bonds is 6. The summed E-state index contributed by atoms with van der Waals surface area (Å²) in [6.07, 6.45) is -2.42. The van der Waals surface area contributed by atoms with Crippen LogP contribution in [0.1, 0.15) is 12.0 Å². The summed E-state index contributed by atoms with van der Waals surface area (Å²) in [6, 6.07) is 9.09. The first-order valence-electron chi connectivity index (χ1n) is 5.40. The minimum Gasteiger partial charge on any atom is -0.550 e. The van der Waals surface area contributed by atoms with E-state index in [1.54, 1.807) is 12.1 Å². The van der Waals surface area contributed by atoms with Crippen molar-refractivity contribution in [2.75, 3.05) is 6.54 Å². The monoisotopic (exact) mass is 275 g/mol. The molecule has 0 aliphatic carbocycles. The molecule has 0 saturated heterocycles. The SMILES string of the molecule is O=C([O-])C[C@H](O)CNC(=O)OCc1ccccc1.[Na+]. The number of hydrogen-bond donors (Lipinski definition) is 2. The van der Waals surface area contributed by atoms with Gasteiger partial charge in [-0.25, -0.2) is 4.79 Å². The number of carboxylic acids is 1. The number of aliphatic hydroxyl groups is 1. The second kappa shape index (κ2) is 9.80. The first-order chi connectivity index (χ1) is 8.58. The number of carbonyl (C=O) groups excluding carboxylic acids is 2. The van der Waals surface area contributed by atoms with Crippen molar-refractivity contribution in [1.29, 1.82) is 0 Å². The number of aliphatic hydroxyl groups excluding tert-OH is 1. The van der Waals surface area contributed by atoms with Crippen LogP contribution in [0.2, 0.25) is 0 Å². The summed E-state index contributed by atoms with van der Waals surface area (Å²) in [6.45, 7) is -0.0785. The smallest absolute Gasteiger partial charge is 0.550 e. The van der Waals surface area contributed by atoms with Gasteiger partial charge in [0.25, 0.3) is 0 Å². The van der Waals surface area contributed by atoms with E-state index in [2.05, 4.69) is 5.32 Å². The molecule has 0 fully saturated rings. The van der Waals surface area contributed by atoms with Crippen LogP contribution in [-0.4, -0.2) is 29.8 Å². The molecule has 1 amide bonds. The molecule has 0 aliphatic heterocycles. The normalized spacial score (nSPS) is 11.0. The minimum absolute atomic E-state index is 0. The van der Waals surface area contributed by atoms with E-state index in [1.807, 2.05) is 18.2 Å². The van der Waals surface area contributed by atoms with E-state index in [4.69, 9.17) is 9.84 Å². The van der Waals surface area contributed by atoms with Gasteiger partial charge in [-0.15, -0.1) is 0 Å². The third kappa shape index (κ3) is 8.61. The molecule has 1 atom stereocenters. The molecule has 2 N–H and O–H groups in total. The van der Waals surface area contributed by atoms with Gasteiger partial charge in [-0.2, -0.15) is 0 Å². The number of aliphatic carboxylic acids is 1. The molecular weight excluding hydrogens is 261 g/mol. The van der Waals surface area contributed by atoms with Crippen LogP contribution >= 0.6 is 0 Å². The molecule has 0 aliphatic rings. The zero-order chi connectivity index (χ0) is 13.4. The molecule has 0 radical (unpaired) electrons. The van der Waals surface area contributed by atoms with Gasteiger partial charge in [0.15, 0.2) is 0 Å². The van der Waals surface area contributed by atoms with Gasteiger partial charge >= 0.3 is 35.7 Å². The Labute approximate surface area is 133 Å². The van der Waals surface area contributed by atoms with E-state index < -0.39 is 24.6 Å². The topological polar surface area (TPSA) is 98.7 Å². The van der Waals surface area contributed by atoms with Crippen molar-refractivity contribution in [1.82, 2.24) is 5.32 Å². The predicted octanol–water partition coefficient (Wildman–Crippen LogP) is -3.58. The summed E-state index contributed by atoms with van der Waals surface area (Å²) in [7, 11) is 0. The van der Waals surface area contributed by atoms with Crippen LogP contribution < -0.4 is 40.0 Å². The van der Waals surface area contributed by atoms with Gasteiger partial charge in [0.2, 0.25) is 0 Å². The van der Waals surface area contributed by atoms with Crippen LogP contribution in [0.3, 0.4) is 0 Å². The second-order valence-corrected chi connectivity index (χ2v) is 3.67. The van der Waals surface area contributed by atoms with Crippen molar-refractivity contribution in [3.8, 4) is 0 Å². The van der Waals surface area contributed by atoms with Crippen molar-refractivity contribution in [2.24, 2.45) is 0 Å². The van der Waals surface area contributed by atoms with Gasteiger partial charge in [-0.1, -0.05) is 30.3 Å². The fourth-order valence-corrected chi connectivity index (χ4v) is 1.24. The Morgan fingerprint density at radius 2 is 1.95 bits per heavy atom. The number of ether oxygens (including phenoxy) is 1. The summed E-state index contributed by atoms with van der Waals surface area (Å²) in [5, 5.41) is 21.6. The van der Waals surface area contributed by atoms with E-state index in [9.17, 15) is 14.7 Å². The van der Waals surface area contributed by atoms with Crippen LogP contribution in [0.15, 0.2) is 30.3 Å². The number of carboxylic acid groups (broad SMARTS) is 1. The number of alkyl carbamates (subject to hydrolysis) is 1. The van der Waals surface area contributed by atoms with E-state index >= 15 is 0 Å². The molecule has 1 aromatic carbocycles. The van der Waals surface area contributed by atoms with Crippen molar-refractivity contribution in [3.63, 3.8) is 0 Å². The second-order valence-electron chi connectivity index (χ2n) is 3.67. The number of benzene rings is 1. The van der Waals surface area contributed by atoms with Crippen LogP contribution in [0.5, 0.6) is 0 Å². The Bertz CT molecular complexity index is 398. The van der Waals surface area contributed by atoms with Gasteiger partial charge < -0.3 is 25.1 Å². The maximum Gasteiger partial charge on any atom is 1.00 e. The zero-order valence-corrected chi connectivity index (χ0v) is 12.7. The summed E-state index contributed by atoms with van der Waals surface area (Å²) >= 11 is 0. The zero-order valence-electron chi connectivity index (χ0n) is 10.7. The van der Waals surface area contributed by atoms with E-state index in [1.165, 1.54) is 0 Å². The summed E-state index contributed by atoms with van der Waals surface area (Å²) < 4.78 is 4.86. The maximum atomic E-state index is 11.2. The van der Waals surface area contributed by atoms with Crippen LogP contribution in [0.4, 0.5) is 4.79 Å². The van der Waals surface area contributed by atoms with Gasteiger partial charge in [0.1, 0.15) is 6.61 Å². The van der Waals surface area contributed by atoms with Crippen molar-refractivity contribution in [2.45, 2.75) is 19.1 Å². The fourth-order valence-electron chi connectivity index (χ4n) is 1.24. The fraction of sp³-hybridized carbons (Fsp3) is 0.333. The third-order valence-corrected chi connectivity index (χ3v) is 2.10. The Kier molecular flexibility index (Phi) is 9.24. The molecule has 0 unspecified atom stereocenters. The van der Waals surface area contributed by atoms with Crippen LogP contribution in [-0.2, 0) is 16.1 Å². The summed E-state index contributed by atoms with van der Waals surface area (Å²) in [4.78, 5) is 21.3. The molecule has 6 nitrogen and oxygen atoms in total. The van der Waals surface area contributed by atoms with Crippen molar-refractivity contribution < 1.29 is 54.1 Å².